The van der Waals surface area contributed by atoms with Gasteiger partial charge in [-0.3, -0.25) is 0 Å². The van der Waals surface area contributed by atoms with Gasteiger partial charge in [-0.05, 0) is 23.6 Å². The summed E-state index contributed by atoms with van der Waals surface area (Å²) in [4.78, 5) is 27.9. The fourth-order valence-electron chi connectivity index (χ4n) is 3.98. The van der Waals surface area contributed by atoms with Crippen LogP contribution in [0, 0.1) is 0 Å². The molecule has 28 heavy (non-hydrogen) atoms. The van der Waals surface area contributed by atoms with Crippen molar-refractivity contribution in [2.45, 2.75) is 24.9 Å². The van der Waals surface area contributed by atoms with E-state index in [-0.39, 0.29) is 12.1 Å². The van der Waals surface area contributed by atoms with Crippen LogP contribution in [0.4, 0.5) is 15.3 Å². The molecule has 2 aromatic carbocycles. The lowest BCUT2D eigenvalue weighted by Gasteiger charge is -2.37. The lowest BCUT2D eigenvalue weighted by Crippen LogP contribution is -2.49. The highest BCUT2D eigenvalue weighted by atomic mass is 16.6. The van der Waals surface area contributed by atoms with Gasteiger partial charge in [0.05, 0.1) is 6.54 Å². The highest BCUT2D eigenvalue weighted by molar-refractivity contribution is 5.90. The number of benzene rings is 2. The molecule has 2 aliphatic rings. The molecule has 146 valence electrons. The largest absolute Gasteiger partial charge is 0.441 e. The summed E-state index contributed by atoms with van der Waals surface area (Å²) in [6.45, 7) is 1.75. The first-order valence-electron chi connectivity index (χ1n) is 9.67. The molecule has 2 aromatic rings. The monoisotopic (exact) mass is 379 g/mol. The van der Waals surface area contributed by atoms with Crippen LogP contribution < -0.4 is 5.32 Å². The van der Waals surface area contributed by atoms with Crippen molar-refractivity contribution in [3.63, 3.8) is 0 Å². The fourth-order valence-corrected chi connectivity index (χ4v) is 3.98. The van der Waals surface area contributed by atoms with E-state index >= 15 is 0 Å². The van der Waals surface area contributed by atoms with Crippen LogP contribution in [-0.4, -0.2) is 54.2 Å². The molecule has 1 spiro atoms. The van der Waals surface area contributed by atoms with Crippen molar-refractivity contribution in [1.82, 2.24) is 9.80 Å². The van der Waals surface area contributed by atoms with E-state index in [1.807, 2.05) is 42.5 Å². The fraction of sp³-hybridized carbons (Fsp3) is 0.364. The van der Waals surface area contributed by atoms with Gasteiger partial charge >= 0.3 is 12.1 Å². The van der Waals surface area contributed by atoms with Crippen molar-refractivity contribution in [2.24, 2.45) is 0 Å². The van der Waals surface area contributed by atoms with E-state index in [4.69, 9.17) is 4.74 Å². The molecule has 6 nitrogen and oxygen atoms in total. The first-order chi connectivity index (χ1) is 13.5. The number of amides is 3. The first kappa shape index (κ1) is 18.3. The molecule has 3 amide bonds. The smallest absolute Gasteiger partial charge is 0.410 e. The third kappa shape index (κ3) is 3.81. The number of hydrogen-bond donors (Lipinski definition) is 1. The summed E-state index contributed by atoms with van der Waals surface area (Å²) in [6.07, 6.45) is 1.83. The first-order valence-corrected chi connectivity index (χ1v) is 9.67. The minimum atomic E-state index is -0.437. The van der Waals surface area contributed by atoms with Crippen LogP contribution in [0.1, 0.15) is 24.0 Å². The molecular weight excluding hydrogens is 354 g/mol. The topological polar surface area (TPSA) is 61.9 Å². The van der Waals surface area contributed by atoms with Gasteiger partial charge in [-0.1, -0.05) is 48.5 Å². The Hall–Kier alpha value is -3.02. The normalized spacial score (nSPS) is 18.2. The van der Waals surface area contributed by atoms with Gasteiger partial charge in [0, 0.05) is 38.7 Å². The number of likely N-dealkylation sites (N-methyl/N-ethyl adjacent to an activating group) is 1. The number of likely N-dealkylation sites (tertiary alicyclic amines) is 1. The van der Waals surface area contributed by atoms with Crippen molar-refractivity contribution in [1.29, 1.82) is 0 Å². The van der Waals surface area contributed by atoms with E-state index in [0.29, 0.717) is 32.5 Å². The maximum atomic E-state index is 12.8. The summed E-state index contributed by atoms with van der Waals surface area (Å²) in [5.74, 6) is 0. The molecule has 0 saturated carbocycles. The number of carbonyl (C=O) groups is 2. The molecular formula is C22H25N3O3. The van der Waals surface area contributed by atoms with Crippen molar-refractivity contribution in [3.05, 3.63) is 65.7 Å². The molecule has 0 radical (unpaired) electrons. The third-order valence-corrected chi connectivity index (χ3v) is 5.60. The predicted octanol–water partition coefficient (Wildman–Crippen LogP) is 3.73. The van der Waals surface area contributed by atoms with Crippen LogP contribution in [0.25, 0.3) is 0 Å². The zero-order valence-corrected chi connectivity index (χ0v) is 16.1. The summed E-state index contributed by atoms with van der Waals surface area (Å²) < 4.78 is 5.56. The Labute approximate surface area is 165 Å². The number of para-hydroxylation sites is 1. The number of piperidine rings is 1. The number of nitrogens with zero attached hydrogens (tertiary/aromatic N) is 2. The van der Waals surface area contributed by atoms with Crippen LogP contribution in [0.3, 0.4) is 0 Å². The van der Waals surface area contributed by atoms with E-state index in [2.05, 4.69) is 17.4 Å². The van der Waals surface area contributed by atoms with Crippen molar-refractivity contribution in [3.8, 4) is 0 Å². The van der Waals surface area contributed by atoms with Crippen molar-refractivity contribution >= 4 is 17.8 Å². The molecule has 0 aliphatic carbocycles. The summed E-state index contributed by atoms with van der Waals surface area (Å²) in [5.41, 5.74) is 2.69. The third-order valence-electron chi connectivity index (χ3n) is 5.60. The Morgan fingerprint density at radius 2 is 1.75 bits per heavy atom. The summed E-state index contributed by atoms with van der Waals surface area (Å²) in [7, 11) is 1.75. The number of hydrogen-bond acceptors (Lipinski definition) is 3. The van der Waals surface area contributed by atoms with Crippen LogP contribution in [0.5, 0.6) is 0 Å². The highest BCUT2D eigenvalue weighted by Crippen LogP contribution is 2.32. The van der Waals surface area contributed by atoms with Crippen LogP contribution in [0.15, 0.2) is 54.6 Å². The quantitative estimate of drug-likeness (QED) is 0.884. The molecule has 2 fully saturated rings. The van der Waals surface area contributed by atoms with E-state index in [9.17, 15) is 9.59 Å². The van der Waals surface area contributed by atoms with E-state index in [1.54, 1.807) is 16.8 Å². The van der Waals surface area contributed by atoms with Crippen LogP contribution in [-0.2, 0) is 11.2 Å². The minimum Gasteiger partial charge on any atom is -0.441 e. The van der Waals surface area contributed by atoms with Gasteiger partial charge in [0.2, 0.25) is 0 Å². The standard InChI is InChI=1S/C22H25N3O3/c1-24-16-22(28-21(24)27)11-13-25(14-12-22)20(26)23-19-10-6-5-9-18(19)15-17-7-3-2-4-8-17/h2-10H,11-16H2,1H3,(H,23,26). The van der Waals surface area contributed by atoms with Gasteiger partial charge in [-0.15, -0.1) is 0 Å². The van der Waals surface area contributed by atoms with E-state index in [1.165, 1.54) is 5.56 Å². The summed E-state index contributed by atoms with van der Waals surface area (Å²) in [6, 6.07) is 18.0. The van der Waals surface area contributed by atoms with Crippen LogP contribution >= 0.6 is 0 Å². The highest BCUT2D eigenvalue weighted by Gasteiger charge is 2.46. The van der Waals surface area contributed by atoms with Crippen LogP contribution in [0.2, 0.25) is 0 Å². The van der Waals surface area contributed by atoms with Gasteiger partial charge in [-0.2, -0.15) is 0 Å². The second-order valence-electron chi connectivity index (χ2n) is 7.64. The summed E-state index contributed by atoms with van der Waals surface area (Å²) >= 11 is 0. The summed E-state index contributed by atoms with van der Waals surface area (Å²) in [5, 5.41) is 3.07. The maximum Gasteiger partial charge on any atom is 0.410 e. The van der Waals surface area contributed by atoms with Gasteiger partial charge in [0.1, 0.15) is 5.60 Å². The average Bonchev–Trinajstić information content (AvgIpc) is 2.97. The lowest BCUT2D eigenvalue weighted by molar-refractivity contribution is 0.0109. The molecule has 6 heteroatoms. The Morgan fingerprint density at radius 1 is 1.07 bits per heavy atom. The number of urea groups is 1. The average molecular weight is 379 g/mol. The van der Waals surface area contributed by atoms with Gasteiger partial charge in [0.25, 0.3) is 0 Å². The van der Waals surface area contributed by atoms with Gasteiger partial charge in [0.15, 0.2) is 0 Å². The van der Waals surface area contributed by atoms with Crippen molar-refractivity contribution < 1.29 is 14.3 Å². The molecule has 0 bridgehead atoms. The number of carbonyl (C=O) groups excluding carboxylic acids is 2. The number of ether oxygens (including phenoxy) is 1. The molecule has 0 unspecified atom stereocenters. The number of nitrogens with one attached hydrogen (secondary N) is 1. The Bertz CT molecular complexity index is 860. The Balaban J connectivity index is 1.39. The zero-order chi connectivity index (χ0) is 19.6. The Morgan fingerprint density at radius 3 is 2.43 bits per heavy atom. The molecule has 2 aliphatic heterocycles. The number of rotatable bonds is 3. The minimum absolute atomic E-state index is 0.104. The molecule has 4 rings (SSSR count). The maximum absolute atomic E-state index is 12.8. The predicted molar refractivity (Wildman–Crippen MR) is 107 cm³/mol. The van der Waals surface area contributed by atoms with Crippen molar-refractivity contribution in [2.75, 3.05) is 32.0 Å². The second-order valence-corrected chi connectivity index (χ2v) is 7.64. The molecule has 0 aromatic heterocycles. The molecule has 0 atom stereocenters. The number of anilines is 1. The van der Waals surface area contributed by atoms with Gasteiger partial charge in [-0.25, -0.2) is 9.59 Å². The Kier molecular flexibility index (Phi) is 4.94. The van der Waals surface area contributed by atoms with Gasteiger partial charge < -0.3 is 19.9 Å². The second kappa shape index (κ2) is 7.54. The van der Waals surface area contributed by atoms with E-state index in [0.717, 1.165) is 17.7 Å². The molecule has 1 N–H and O–H groups in total. The molecule has 2 heterocycles. The SMILES string of the molecule is CN1CC2(CCN(C(=O)Nc3ccccc3Cc3ccccc3)CC2)OC1=O. The zero-order valence-electron chi connectivity index (χ0n) is 16.1. The lowest BCUT2D eigenvalue weighted by atomic mass is 9.91. The van der Waals surface area contributed by atoms with E-state index < -0.39 is 5.60 Å². The molecule has 2 saturated heterocycles.